The van der Waals surface area contributed by atoms with Crippen molar-refractivity contribution in [3.05, 3.63) is 48.0 Å². The van der Waals surface area contributed by atoms with Gasteiger partial charge in [-0.15, -0.1) is 6.42 Å². The van der Waals surface area contributed by atoms with Crippen LogP contribution in [0, 0.1) is 12.3 Å². The highest BCUT2D eigenvalue weighted by atomic mass is 16.5. The molecule has 0 atom stereocenters. The lowest BCUT2D eigenvalue weighted by atomic mass is 10.2. The smallest absolute Gasteiger partial charge is 0.255 e. The number of anilines is 1. The van der Waals surface area contributed by atoms with Crippen LogP contribution in [0.4, 0.5) is 5.69 Å². The predicted molar refractivity (Wildman–Crippen MR) is 88.3 cm³/mol. The fourth-order valence-electron chi connectivity index (χ4n) is 1.93. The number of carbonyl (C=O) groups is 1. The van der Waals surface area contributed by atoms with E-state index in [-0.39, 0.29) is 12.5 Å². The maximum atomic E-state index is 12.3. The Hall–Kier alpha value is -3.13. The SMILES string of the molecule is C#CCOc1ccc(C(=O)Nc2cc(OC)ccc2OC)cc1. The van der Waals surface area contributed by atoms with E-state index in [0.29, 0.717) is 28.5 Å². The van der Waals surface area contributed by atoms with E-state index in [1.54, 1.807) is 49.6 Å². The van der Waals surface area contributed by atoms with Gasteiger partial charge in [0.15, 0.2) is 0 Å². The average molecular weight is 311 g/mol. The van der Waals surface area contributed by atoms with Crippen LogP contribution in [0.5, 0.6) is 17.2 Å². The van der Waals surface area contributed by atoms with Gasteiger partial charge in [-0.2, -0.15) is 0 Å². The Kier molecular flexibility index (Phi) is 5.48. The third-order valence-electron chi connectivity index (χ3n) is 3.09. The molecule has 0 aliphatic carbocycles. The molecule has 23 heavy (non-hydrogen) atoms. The summed E-state index contributed by atoms with van der Waals surface area (Å²) in [5.41, 5.74) is 1.02. The first-order valence-corrected chi connectivity index (χ1v) is 6.87. The zero-order valence-electron chi connectivity index (χ0n) is 13.0. The largest absolute Gasteiger partial charge is 0.497 e. The number of ether oxygens (including phenoxy) is 3. The first kappa shape index (κ1) is 16.2. The van der Waals surface area contributed by atoms with Gasteiger partial charge in [-0.25, -0.2) is 0 Å². The lowest BCUT2D eigenvalue weighted by Crippen LogP contribution is -2.12. The van der Waals surface area contributed by atoms with Gasteiger partial charge < -0.3 is 19.5 Å². The molecule has 2 rings (SSSR count). The monoisotopic (exact) mass is 311 g/mol. The van der Waals surface area contributed by atoms with E-state index in [1.807, 2.05) is 0 Å². The molecule has 2 aromatic rings. The molecule has 0 saturated heterocycles. The fourth-order valence-corrected chi connectivity index (χ4v) is 1.93. The number of hydrogen-bond acceptors (Lipinski definition) is 4. The first-order chi connectivity index (χ1) is 11.2. The van der Waals surface area contributed by atoms with Crippen LogP contribution in [0.15, 0.2) is 42.5 Å². The topological polar surface area (TPSA) is 56.8 Å². The standard InChI is InChI=1S/C18H17NO4/c1-4-11-23-14-7-5-13(6-8-14)18(20)19-16-12-15(21-2)9-10-17(16)22-3/h1,5-10,12H,11H2,2-3H3,(H,19,20). The molecule has 0 spiro atoms. The highest BCUT2D eigenvalue weighted by Crippen LogP contribution is 2.29. The highest BCUT2D eigenvalue weighted by Gasteiger charge is 2.11. The second-order valence-electron chi connectivity index (χ2n) is 4.54. The van der Waals surface area contributed by atoms with Gasteiger partial charge in [-0.1, -0.05) is 5.92 Å². The molecule has 118 valence electrons. The molecule has 0 saturated carbocycles. The third-order valence-corrected chi connectivity index (χ3v) is 3.09. The number of benzene rings is 2. The van der Waals surface area contributed by atoms with Crippen LogP contribution in [0.25, 0.3) is 0 Å². The van der Waals surface area contributed by atoms with Gasteiger partial charge >= 0.3 is 0 Å². The van der Waals surface area contributed by atoms with Gasteiger partial charge in [-0.3, -0.25) is 4.79 Å². The van der Waals surface area contributed by atoms with Gasteiger partial charge in [0.25, 0.3) is 5.91 Å². The van der Waals surface area contributed by atoms with E-state index in [2.05, 4.69) is 11.2 Å². The summed E-state index contributed by atoms with van der Waals surface area (Å²) in [6.45, 7) is 0.187. The van der Waals surface area contributed by atoms with Crippen molar-refractivity contribution in [1.29, 1.82) is 0 Å². The second kappa shape index (κ2) is 7.76. The number of hydrogen-bond donors (Lipinski definition) is 1. The molecular formula is C18H17NO4. The Balaban J connectivity index is 2.14. The zero-order valence-corrected chi connectivity index (χ0v) is 13.0. The lowest BCUT2D eigenvalue weighted by molar-refractivity contribution is 0.102. The lowest BCUT2D eigenvalue weighted by Gasteiger charge is -2.12. The average Bonchev–Trinajstić information content (AvgIpc) is 2.60. The molecule has 0 unspecified atom stereocenters. The molecule has 0 fully saturated rings. The van der Waals surface area contributed by atoms with Crippen LogP contribution in [-0.2, 0) is 0 Å². The summed E-state index contributed by atoms with van der Waals surface area (Å²) < 4.78 is 15.7. The van der Waals surface area contributed by atoms with Crippen molar-refractivity contribution in [2.24, 2.45) is 0 Å². The summed E-state index contributed by atoms with van der Waals surface area (Å²) in [5, 5.41) is 2.80. The van der Waals surface area contributed by atoms with E-state index in [4.69, 9.17) is 20.6 Å². The molecule has 5 nitrogen and oxygen atoms in total. The summed E-state index contributed by atoms with van der Waals surface area (Å²) in [7, 11) is 3.09. The molecule has 0 bridgehead atoms. The maximum absolute atomic E-state index is 12.3. The molecule has 0 aromatic heterocycles. The zero-order chi connectivity index (χ0) is 16.7. The quantitative estimate of drug-likeness (QED) is 0.833. The number of nitrogens with one attached hydrogen (secondary N) is 1. The summed E-state index contributed by atoms with van der Waals surface area (Å²) >= 11 is 0. The number of rotatable bonds is 6. The van der Waals surface area contributed by atoms with E-state index >= 15 is 0 Å². The van der Waals surface area contributed by atoms with E-state index in [0.717, 1.165) is 0 Å². The summed E-state index contributed by atoms with van der Waals surface area (Å²) in [6, 6.07) is 11.9. The van der Waals surface area contributed by atoms with Crippen molar-refractivity contribution in [1.82, 2.24) is 0 Å². The minimum atomic E-state index is -0.264. The van der Waals surface area contributed by atoms with E-state index in [1.165, 1.54) is 7.11 Å². The van der Waals surface area contributed by atoms with Gasteiger partial charge in [-0.05, 0) is 36.4 Å². The molecule has 2 aromatic carbocycles. The van der Waals surface area contributed by atoms with Crippen molar-refractivity contribution in [2.45, 2.75) is 0 Å². The van der Waals surface area contributed by atoms with Crippen molar-refractivity contribution in [3.8, 4) is 29.6 Å². The van der Waals surface area contributed by atoms with Crippen LogP contribution < -0.4 is 19.5 Å². The molecule has 0 aliphatic rings. The molecule has 0 aliphatic heterocycles. The van der Waals surface area contributed by atoms with Crippen LogP contribution in [0.2, 0.25) is 0 Å². The third kappa shape index (κ3) is 4.17. The van der Waals surface area contributed by atoms with E-state index < -0.39 is 0 Å². The number of amides is 1. The summed E-state index contributed by atoms with van der Waals surface area (Å²) in [5.74, 6) is 3.90. The van der Waals surface area contributed by atoms with Crippen molar-refractivity contribution in [3.63, 3.8) is 0 Å². The maximum Gasteiger partial charge on any atom is 0.255 e. The van der Waals surface area contributed by atoms with Crippen molar-refractivity contribution >= 4 is 11.6 Å². The minimum absolute atomic E-state index is 0.187. The van der Waals surface area contributed by atoms with Gasteiger partial charge in [0.1, 0.15) is 23.9 Å². The highest BCUT2D eigenvalue weighted by molar-refractivity contribution is 6.05. The Morgan fingerprint density at radius 2 is 1.78 bits per heavy atom. The first-order valence-electron chi connectivity index (χ1n) is 6.87. The van der Waals surface area contributed by atoms with Gasteiger partial charge in [0.2, 0.25) is 0 Å². The van der Waals surface area contributed by atoms with Crippen LogP contribution in [0.3, 0.4) is 0 Å². The molecule has 1 amide bonds. The number of carbonyl (C=O) groups excluding carboxylic acids is 1. The Bertz CT molecular complexity index is 717. The van der Waals surface area contributed by atoms with Gasteiger partial charge in [0, 0.05) is 11.6 Å². The van der Waals surface area contributed by atoms with Crippen LogP contribution in [0.1, 0.15) is 10.4 Å². The van der Waals surface area contributed by atoms with Gasteiger partial charge in [0.05, 0.1) is 19.9 Å². The summed E-state index contributed by atoms with van der Waals surface area (Å²) in [6.07, 6.45) is 5.13. The van der Waals surface area contributed by atoms with Crippen LogP contribution >= 0.6 is 0 Å². The number of methoxy groups -OCH3 is 2. The second-order valence-corrected chi connectivity index (χ2v) is 4.54. The molecule has 0 radical (unpaired) electrons. The molecule has 1 N–H and O–H groups in total. The predicted octanol–water partition coefficient (Wildman–Crippen LogP) is 2.97. The normalized spacial score (nSPS) is 9.61. The summed E-state index contributed by atoms with van der Waals surface area (Å²) in [4.78, 5) is 12.3. The molecular weight excluding hydrogens is 294 g/mol. The van der Waals surface area contributed by atoms with Crippen molar-refractivity contribution in [2.75, 3.05) is 26.1 Å². The fraction of sp³-hybridized carbons (Fsp3) is 0.167. The van der Waals surface area contributed by atoms with Crippen LogP contribution in [-0.4, -0.2) is 26.7 Å². The molecule has 5 heteroatoms. The Labute approximate surface area is 135 Å². The van der Waals surface area contributed by atoms with E-state index in [9.17, 15) is 4.79 Å². The Morgan fingerprint density at radius 1 is 1.09 bits per heavy atom. The minimum Gasteiger partial charge on any atom is -0.497 e. The van der Waals surface area contributed by atoms with Crippen molar-refractivity contribution < 1.29 is 19.0 Å². The number of terminal acetylenes is 1. The molecule has 0 heterocycles. The Morgan fingerprint density at radius 3 is 2.39 bits per heavy atom.